The van der Waals surface area contributed by atoms with Crippen LogP contribution in [0.3, 0.4) is 0 Å². The molecule has 0 saturated carbocycles. The molecular formula is C15H20F3N. The number of nitrogens with one attached hydrogen (secondary N) is 1. The Kier molecular flexibility index (Phi) is 3.31. The van der Waals surface area contributed by atoms with Crippen LogP contribution in [-0.2, 0) is 6.18 Å². The molecule has 1 heterocycles. The van der Waals surface area contributed by atoms with Crippen molar-refractivity contribution in [1.82, 2.24) is 0 Å². The standard InChI is InChI=1S/C15H20F3N/c1-5-14(4)10(3)9(2)12-7-6-11(15(16,17)18)8-13(12)19-14/h6-10,19H,5H2,1-4H3. The largest absolute Gasteiger partial charge is 0.416 e. The molecule has 1 aliphatic rings. The van der Waals surface area contributed by atoms with Gasteiger partial charge >= 0.3 is 6.18 Å². The lowest BCUT2D eigenvalue weighted by Crippen LogP contribution is -2.46. The van der Waals surface area contributed by atoms with Crippen molar-refractivity contribution in [3.8, 4) is 0 Å². The van der Waals surface area contributed by atoms with Crippen LogP contribution in [0.5, 0.6) is 0 Å². The number of rotatable bonds is 1. The van der Waals surface area contributed by atoms with E-state index in [4.69, 9.17) is 0 Å². The average Bonchev–Trinajstić information content (AvgIpc) is 2.34. The second-order valence-corrected chi connectivity index (χ2v) is 5.77. The molecule has 0 amide bonds. The molecule has 1 N–H and O–H groups in total. The second kappa shape index (κ2) is 4.43. The van der Waals surface area contributed by atoms with Gasteiger partial charge in [-0.3, -0.25) is 0 Å². The summed E-state index contributed by atoms with van der Waals surface area (Å²) >= 11 is 0. The molecule has 0 radical (unpaired) electrons. The molecular weight excluding hydrogens is 251 g/mol. The number of alkyl halides is 3. The maximum atomic E-state index is 12.8. The van der Waals surface area contributed by atoms with E-state index in [9.17, 15) is 13.2 Å². The number of benzene rings is 1. The number of hydrogen-bond acceptors (Lipinski definition) is 1. The minimum Gasteiger partial charge on any atom is -0.379 e. The smallest absolute Gasteiger partial charge is 0.379 e. The molecule has 3 atom stereocenters. The SMILES string of the molecule is CCC1(C)Nc2cc(C(F)(F)F)ccc2C(C)C1C. The molecule has 0 bridgehead atoms. The van der Waals surface area contributed by atoms with Gasteiger partial charge in [-0.25, -0.2) is 0 Å². The normalized spacial score (nSPS) is 30.7. The van der Waals surface area contributed by atoms with Crippen molar-refractivity contribution in [3.05, 3.63) is 29.3 Å². The molecule has 4 heteroatoms. The molecule has 106 valence electrons. The lowest BCUT2D eigenvalue weighted by Gasteiger charge is -2.45. The van der Waals surface area contributed by atoms with Crippen LogP contribution < -0.4 is 5.32 Å². The predicted octanol–water partition coefficient (Wildman–Crippen LogP) is 5.04. The molecule has 1 aliphatic heterocycles. The van der Waals surface area contributed by atoms with E-state index in [-0.39, 0.29) is 11.5 Å². The Balaban J connectivity index is 2.49. The third-order valence-corrected chi connectivity index (χ3v) is 4.78. The highest BCUT2D eigenvalue weighted by molar-refractivity contribution is 5.59. The van der Waals surface area contributed by atoms with Crippen LogP contribution in [0.25, 0.3) is 0 Å². The summed E-state index contributed by atoms with van der Waals surface area (Å²) in [4.78, 5) is 0. The molecule has 19 heavy (non-hydrogen) atoms. The maximum Gasteiger partial charge on any atom is 0.416 e. The van der Waals surface area contributed by atoms with Crippen molar-refractivity contribution in [1.29, 1.82) is 0 Å². The Morgan fingerprint density at radius 3 is 2.42 bits per heavy atom. The summed E-state index contributed by atoms with van der Waals surface area (Å²) in [6.45, 7) is 8.39. The van der Waals surface area contributed by atoms with E-state index in [2.05, 4.69) is 33.0 Å². The van der Waals surface area contributed by atoms with Crippen LogP contribution in [0.2, 0.25) is 0 Å². The average molecular weight is 271 g/mol. The Morgan fingerprint density at radius 2 is 1.89 bits per heavy atom. The topological polar surface area (TPSA) is 12.0 Å². The van der Waals surface area contributed by atoms with Crippen molar-refractivity contribution < 1.29 is 13.2 Å². The summed E-state index contributed by atoms with van der Waals surface area (Å²) in [7, 11) is 0. The highest BCUT2D eigenvalue weighted by Gasteiger charge is 2.40. The number of halogens is 3. The fourth-order valence-corrected chi connectivity index (χ4v) is 2.89. The fourth-order valence-electron chi connectivity index (χ4n) is 2.89. The quantitative estimate of drug-likeness (QED) is 0.754. The van der Waals surface area contributed by atoms with Gasteiger partial charge in [0.1, 0.15) is 0 Å². The first-order chi connectivity index (χ1) is 8.69. The molecule has 0 spiro atoms. The van der Waals surface area contributed by atoms with Crippen molar-refractivity contribution in [2.45, 2.75) is 51.7 Å². The summed E-state index contributed by atoms with van der Waals surface area (Å²) < 4.78 is 38.3. The van der Waals surface area contributed by atoms with Crippen molar-refractivity contribution in [2.24, 2.45) is 5.92 Å². The van der Waals surface area contributed by atoms with Crippen LogP contribution in [0.4, 0.5) is 18.9 Å². The van der Waals surface area contributed by atoms with Gasteiger partial charge < -0.3 is 5.32 Å². The van der Waals surface area contributed by atoms with E-state index in [1.54, 1.807) is 6.07 Å². The predicted molar refractivity (Wildman–Crippen MR) is 71.3 cm³/mol. The zero-order valence-corrected chi connectivity index (χ0v) is 11.7. The summed E-state index contributed by atoms with van der Waals surface area (Å²) in [5.74, 6) is 0.630. The zero-order valence-electron chi connectivity index (χ0n) is 11.7. The number of hydrogen-bond donors (Lipinski definition) is 1. The molecule has 0 aromatic heterocycles. The van der Waals surface area contributed by atoms with Crippen LogP contribution in [0.1, 0.15) is 51.2 Å². The van der Waals surface area contributed by atoms with Gasteiger partial charge in [0.25, 0.3) is 0 Å². The van der Waals surface area contributed by atoms with Gasteiger partial charge in [0.15, 0.2) is 0 Å². The third-order valence-electron chi connectivity index (χ3n) is 4.78. The van der Waals surface area contributed by atoms with Crippen molar-refractivity contribution in [3.63, 3.8) is 0 Å². The van der Waals surface area contributed by atoms with Gasteiger partial charge in [-0.1, -0.05) is 26.8 Å². The van der Waals surface area contributed by atoms with Crippen LogP contribution in [0, 0.1) is 5.92 Å². The molecule has 1 aromatic rings. The number of fused-ring (bicyclic) bond motifs is 1. The lowest BCUT2D eigenvalue weighted by atomic mass is 9.71. The van der Waals surface area contributed by atoms with Gasteiger partial charge in [-0.05, 0) is 42.9 Å². The van der Waals surface area contributed by atoms with Crippen LogP contribution in [0.15, 0.2) is 18.2 Å². The van der Waals surface area contributed by atoms with E-state index in [0.717, 1.165) is 12.0 Å². The van der Waals surface area contributed by atoms with Gasteiger partial charge in [-0.15, -0.1) is 0 Å². The summed E-state index contributed by atoms with van der Waals surface area (Å²) in [5, 5.41) is 3.32. The van der Waals surface area contributed by atoms with Gasteiger partial charge in [0, 0.05) is 11.2 Å². The minimum atomic E-state index is -4.29. The van der Waals surface area contributed by atoms with Crippen LogP contribution in [-0.4, -0.2) is 5.54 Å². The first-order valence-electron chi connectivity index (χ1n) is 6.68. The molecule has 0 saturated heterocycles. The minimum absolute atomic E-state index is 0.156. The Morgan fingerprint density at radius 1 is 1.26 bits per heavy atom. The zero-order chi connectivity index (χ0) is 14.4. The monoisotopic (exact) mass is 271 g/mol. The van der Waals surface area contributed by atoms with Gasteiger partial charge in [0.2, 0.25) is 0 Å². The molecule has 0 aliphatic carbocycles. The Bertz CT molecular complexity index is 481. The summed E-state index contributed by atoms with van der Waals surface area (Å²) in [6.07, 6.45) is -3.40. The summed E-state index contributed by atoms with van der Waals surface area (Å²) in [5.41, 5.74) is 0.867. The van der Waals surface area contributed by atoms with Gasteiger partial charge in [-0.2, -0.15) is 13.2 Å². The van der Waals surface area contributed by atoms with Crippen molar-refractivity contribution >= 4 is 5.69 Å². The van der Waals surface area contributed by atoms with E-state index in [1.807, 2.05) is 0 Å². The molecule has 1 aromatic carbocycles. The van der Waals surface area contributed by atoms with E-state index < -0.39 is 11.7 Å². The number of anilines is 1. The maximum absolute atomic E-state index is 12.8. The molecule has 3 unspecified atom stereocenters. The van der Waals surface area contributed by atoms with E-state index >= 15 is 0 Å². The second-order valence-electron chi connectivity index (χ2n) is 5.77. The lowest BCUT2D eigenvalue weighted by molar-refractivity contribution is -0.137. The highest BCUT2D eigenvalue weighted by atomic mass is 19.4. The van der Waals surface area contributed by atoms with Crippen molar-refractivity contribution in [2.75, 3.05) is 5.32 Å². The Hall–Kier alpha value is -1.19. The van der Waals surface area contributed by atoms with E-state index in [1.165, 1.54) is 12.1 Å². The van der Waals surface area contributed by atoms with E-state index in [0.29, 0.717) is 11.6 Å². The first-order valence-corrected chi connectivity index (χ1v) is 6.68. The molecule has 1 nitrogen and oxygen atoms in total. The fraction of sp³-hybridized carbons (Fsp3) is 0.600. The Labute approximate surface area is 112 Å². The first kappa shape index (κ1) is 14.2. The summed E-state index contributed by atoms with van der Waals surface area (Å²) in [6, 6.07) is 4.03. The van der Waals surface area contributed by atoms with Gasteiger partial charge in [0.05, 0.1) is 5.56 Å². The van der Waals surface area contributed by atoms with Crippen LogP contribution >= 0.6 is 0 Å². The highest BCUT2D eigenvalue weighted by Crippen LogP contribution is 2.45. The molecule has 2 rings (SSSR count). The third kappa shape index (κ3) is 2.33. The molecule has 0 fully saturated rings.